The van der Waals surface area contributed by atoms with Crippen molar-refractivity contribution in [1.29, 1.82) is 0 Å². The summed E-state index contributed by atoms with van der Waals surface area (Å²) in [4.78, 5) is 26.7. The highest BCUT2D eigenvalue weighted by molar-refractivity contribution is 5.84. The highest BCUT2D eigenvalue weighted by atomic mass is 16.6. The highest BCUT2D eigenvalue weighted by Gasteiger charge is 2.44. The number of likely N-dealkylation sites (N-methyl/N-ethyl adjacent to an activating group) is 1. The second kappa shape index (κ2) is 9.50. The second-order valence-corrected chi connectivity index (χ2v) is 8.42. The van der Waals surface area contributed by atoms with Gasteiger partial charge in [-0.25, -0.2) is 4.98 Å². The Balaban J connectivity index is 1.68. The minimum absolute atomic E-state index is 0.0143. The van der Waals surface area contributed by atoms with Crippen LogP contribution in [0.3, 0.4) is 0 Å². The maximum absolute atomic E-state index is 12.1. The fraction of sp³-hybridized carbons (Fsp3) is 0.455. The van der Waals surface area contributed by atoms with Crippen molar-refractivity contribution in [3.63, 3.8) is 0 Å². The molecule has 4 atom stereocenters. The summed E-state index contributed by atoms with van der Waals surface area (Å²) in [6.45, 7) is 1.57. The predicted molar refractivity (Wildman–Crippen MR) is 124 cm³/mol. The first-order valence-electron chi connectivity index (χ1n) is 10.9. The van der Waals surface area contributed by atoms with E-state index in [2.05, 4.69) is 20.3 Å². The number of carbonyl (C=O) groups is 1. The number of carbonyl (C=O) groups excluding carboxylic acids is 1. The molecule has 6 N–H and O–H groups in total. The second-order valence-electron chi connectivity index (χ2n) is 8.42. The molecule has 34 heavy (non-hydrogen) atoms. The van der Waals surface area contributed by atoms with E-state index in [-0.39, 0.29) is 24.1 Å². The lowest BCUT2D eigenvalue weighted by molar-refractivity contribution is -0.127. The van der Waals surface area contributed by atoms with Crippen molar-refractivity contribution in [1.82, 2.24) is 24.4 Å². The summed E-state index contributed by atoms with van der Waals surface area (Å²) in [5.41, 5.74) is 9.31. The molecule has 0 unspecified atom stereocenters. The van der Waals surface area contributed by atoms with Crippen LogP contribution in [0.5, 0.6) is 0 Å². The fourth-order valence-corrected chi connectivity index (χ4v) is 3.90. The van der Waals surface area contributed by atoms with Crippen LogP contribution in [0.1, 0.15) is 24.3 Å². The first kappa shape index (κ1) is 23.8. The summed E-state index contributed by atoms with van der Waals surface area (Å²) in [6.07, 6.45) is -2.11. The number of amides is 1. The van der Waals surface area contributed by atoms with E-state index in [4.69, 9.17) is 10.5 Å². The van der Waals surface area contributed by atoms with Gasteiger partial charge in [0.1, 0.15) is 23.8 Å². The fourth-order valence-electron chi connectivity index (χ4n) is 3.90. The summed E-state index contributed by atoms with van der Waals surface area (Å²) in [6, 6.07) is 5.75. The molecule has 1 aromatic carbocycles. The number of nitrogens with one attached hydrogen (secondary N) is 1. The van der Waals surface area contributed by atoms with Gasteiger partial charge in [-0.3, -0.25) is 9.36 Å². The van der Waals surface area contributed by atoms with Crippen molar-refractivity contribution in [2.75, 3.05) is 31.8 Å². The third-order valence-corrected chi connectivity index (χ3v) is 5.90. The highest BCUT2D eigenvalue weighted by Crippen LogP contribution is 2.32. The number of rotatable bonds is 7. The third-order valence-electron chi connectivity index (χ3n) is 5.90. The lowest BCUT2D eigenvalue weighted by Gasteiger charge is -2.17. The number of nitrogens with zero attached hydrogens (tertiary/aromatic N) is 5. The van der Waals surface area contributed by atoms with E-state index < -0.39 is 31.1 Å². The molecule has 0 spiro atoms. The average molecular weight is 472 g/mol. The molecule has 1 aliphatic heterocycles. The van der Waals surface area contributed by atoms with Crippen molar-refractivity contribution < 1.29 is 24.9 Å². The van der Waals surface area contributed by atoms with E-state index in [0.717, 1.165) is 23.2 Å². The van der Waals surface area contributed by atoms with Gasteiger partial charge in [-0.1, -0.05) is 19.1 Å². The van der Waals surface area contributed by atoms with E-state index in [1.165, 1.54) is 15.8 Å². The Hall–Kier alpha value is -3.32. The van der Waals surface area contributed by atoms with Gasteiger partial charge >= 0.3 is 0 Å². The number of ether oxygens (including phenoxy) is 1. The maximum atomic E-state index is 12.1. The smallest absolute Gasteiger partial charge is 0.231 e. The van der Waals surface area contributed by atoms with Gasteiger partial charge in [0.15, 0.2) is 17.7 Å². The summed E-state index contributed by atoms with van der Waals surface area (Å²) in [7, 11) is 3.42. The van der Waals surface area contributed by atoms with Gasteiger partial charge < -0.3 is 36.0 Å². The molecule has 182 valence electrons. The van der Waals surface area contributed by atoms with Gasteiger partial charge in [0.2, 0.25) is 11.9 Å². The Morgan fingerprint density at radius 1 is 1.26 bits per heavy atom. The molecular formula is C22H29N7O5. The van der Waals surface area contributed by atoms with Gasteiger partial charge in [-0.15, -0.1) is 0 Å². The Morgan fingerprint density at radius 3 is 2.68 bits per heavy atom. The molecule has 1 saturated heterocycles. The minimum Gasteiger partial charge on any atom is -0.394 e. The molecule has 1 aliphatic rings. The quantitative estimate of drug-likeness (QED) is 0.315. The molecule has 1 amide bonds. The number of nitrogen functional groups attached to an aromatic ring is 1. The van der Waals surface area contributed by atoms with Gasteiger partial charge in [-0.2, -0.15) is 9.97 Å². The minimum atomic E-state index is -1.29. The summed E-state index contributed by atoms with van der Waals surface area (Å²) in [5, 5.41) is 33.1. The number of aliphatic hydroxyl groups is 3. The number of nitrogens with two attached hydrogens (primary N) is 1. The van der Waals surface area contributed by atoms with Gasteiger partial charge in [0.25, 0.3) is 0 Å². The SMILES string of the molecule is CCc1ccc(CC(=O)N(C)C)cc1Nc1nc(N)c2ncn([C@@H]3O[C@H](CO)[C@@H](O)[C@H]3O)c2n1. The first-order chi connectivity index (χ1) is 16.2. The van der Waals surface area contributed by atoms with Crippen LogP contribution in [0.25, 0.3) is 11.2 Å². The molecule has 0 aliphatic carbocycles. The van der Waals surface area contributed by atoms with Crippen molar-refractivity contribution in [2.45, 2.75) is 44.3 Å². The molecule has 1 fully saturated rings. The molecular weight excluding hydrogens is 442 g/mol. The third kappa shape index (κ3) is 4.40. The number of benzene rings is 1. The van der Waals surface area contributed by atoms with E-state index >= 15 is 0 Å². The molecule has 3 heterocycles. The van der Waals surface area contributed by atoms with Crippen LogP contribution in [-0.2, 0) is 22.4 Å². The molecule has 0 bridgehead atoms. The van der Waals surface area contributed by atoms with Crippen LogP contribution < -0.4 is 11.1 Å². The topological polar surface area (TPSA) is 172 Å². The monoisotopic (exact) mass is 471 g/mol. The summed E-state index contributed by atoms with van der Waals surface area (Å²) < 4.78 is 7.06. The van der Waals surface area contributed by atoms with Crippen molar-refractivity contribution in [3.8, 4) is 0 Å². The molecule has 12 nitrogen and oxygen atoms in total. The van der Waals surface area contributed by atoms with E-state index in [1.54, 1.807) is 14.1 Å². The normalized spacial score (nSPS) is 22.3. The zero-order chi connectivity index (χ0) is 24.6. The number of aryl methyl sites for hydroxylation is 1. The van der Waals surface area contributed by atoms with Gasteiger partial charge in [0, 0.05) is 19.8 Å². The van der Waals surface area contributed by atoms with Crippen molar-refractivity contribution >= 4 is 34.5 Å². The predicted octanol–water partition coefficient (Wildman–Crippen LogP) is -0.0433. The molecule has 2 aromatic heterocycles. The van der Waals surface area contributed by atoms with Crippen LogP contribution in [0.4, 0.5) is 17.5 Å². The van der Waals surface area contributed by atoms with E-state index in [0.29, 0.717) is 11.2 Å². The number of hydrogen-bond acceptors (Lipinski definition) is 10. The van der Waals surface area contributed by atoms with Crippen LogP contribution in [0.2, 0.25) is 0 Å². The Kier molecular flexibility index (Phi) is 6.66. The number of aliphatic hydroxyl groups excluding tert-OH is 3. The van der Waals surface area contributed by atoms with Crippen molar-refractivity contribution in [2.24, 2.45) is 0 Å². The summed E-state index contributed by atoms with van der Waals surface area (Å²) in [5.74, 6) is 0.304. The number of aromatic nitrogens is 4. The molecule has 0 radical (unpaired) electrons. The molecule has 12 heteroatoms. The number of fused-ring (bicyclic) bond motifs is 1. The Labute approximate surface area is 196 Å². The number of hydrogen-bond donors (Lipinski definition) is 5. The Morgan fingerprint density at radius 2 is 2.03 bits per heavy atom. The number of anilines is 3. The molecule has 0 saturated carbocycles. The lowest BCUT2D eigenvalue weighted by Crippen LogP contribution is -2.33. The van der Waals surface area contributed by atoms with E-state index in [9.17, 15) is 20.1 Å². The first-order valence-corrected chi connectivity index (χ1v) is 10.9. The molecule has 4 rings (SSSR count). The Bertz CT molecular complexity index is 1200. The van der Waals surface area contributed by atoms with Crippen LogP contribution in [0.15, 0.2) is 24.5 Å². The zero-order valence-electron chi connectivity index (χ0n) is 19.2. The van der Waals surface area contributed by atoms with E-state index in [1.807, 2.05) is 25.1 Å². The average Bonchev–Trinajstić information content (AvgIpc) is 3.35. The summed E-state index contributed by atoms with van der Waals surface area (Å²) >= 11 is 0. The lowest BCUT2D eigenvalue weighted by atomic mass is 10.0. The van der Waals surface area contributed by atoms with Crippen LogP contribution in [0, 0.1) is 0 Å². The van der Waals surface area contributed by atoms with Crippen molar-refractivity contribution in [3.05, 3.63) is 35.7 Å². The maximum Gasteiger partial charge on any atom is 0.231 e. The van der Waals surface area contributed by atoms with Gasteiger partial charge in [0.05, 0.1) is 19.4 Å². The van der Waals surface area contributed by atoms with Gasteiger partial charge in [-0.05, 0) is 23.6 Å². The zero-order valence-corrected chi connectivity index (χ0v) is 19.2. The standard InChI is InChI=1S/C22H29N7O5/c1-4-12-6-5-11(8-15(31)28(2)3)7-13(12)25-22-26-19(23)16-20(27-22)29(10-24-16)21-18(33)17(32)14(9-30)34-21/h5-7,10,14,17-18,21,30,32-33H,4,8-9H2,1-3H3,(H3,23,25,26,27)/t14-,17-,18-,21-/m1/s1. The molecule has 3 aromatic rings. The van der Waals surface area contributed by atoms with Crippen LogP contribution in [-0.4, -0.2) is 84.7 Å². The van der Waals surface area contributed by atoms with Crippen LogP contribution >= 0.6 is 0 Å². The number of imidazole rings is 1. The largest absolute Gasteiger partial charge is 0.394 e.